The Morgan fingerprint density at radius 1 is 1.44 bits per heavy atom. The summed E-state index contributed by atoms with van der Waals surface area (Å²) in [7, 11) is 1.36. The molecule has 0 fully saturated rings. The Kier molecular flexibility index (Phi) is 4.50. The third kappa shape index (κ3) is 3.35. The van der Waals surface area contributed by atoms with Crippen molar-refractivity contribution < 1.29 is 9.53 Å². The first kappa shape index (κ1) is 12.7. The molecule has 0 aromatic heterocycles. The molecule has 1 atom stereocenters. The topological polar surface area (TPSA) is 52.3 Å². The fourth-order valence-electron chi connectivity index (χ4n) is 1.71. The molecule has 1 aromatic carbocycles. The van der Waals surface area contributed by atoms with Crippen LogP contribution >= 0.6 is 0 Å². The van der Waals surface area contributed by atoms with E-state index in [1.165, 1.54) is 23.8 Å². The average Bonchev–Trinajstić information content (AvgIpc) is 2.26. The zero-order valence-corrected chi connectivity index (χ0v) is 10.1. The van der Waals surface area contributed by atoms with Crippen LogP contribution in [0.2, 0.25) is 0 Å². The van der Waals surface area contributed by atoms with Gasteiger partial charge in [-0.15, -0.1) is 0 Å². The molecule has 1 rings (SSSR count). The average molecular weight is 221 g/mol. The third-order valence-electron chi connectivity index (χ3n) is 2.73. The molecule has 16 heavy (non-hydrogen) atoms. The fraction of sp³-hybridized carbons (Fsp3) is 0.462. The predicted molar refractivity (Wildman–Crippen MR) is 64.2 cm³/mol. The van der Waals surface area contributed by atoms with Crippen LogP contribution in [0.1, 0.15) is 23.1 Å². The second kappa shape index (κ2) is 5.66. The van der Waals surface area contributed by atoms with Gasteiger partial charge in [0, 0.05) is 0 Å². The van der Waals surface area contributed by atoms with Gasteiger partial charge in [-0.05, 0) is 37.8 Å². The maximum Gasteiger partial charge on any atom is 0.322 e. The fourth-order valence-corrected chi connectivity index (χ4v) is 1.71. The minimum absolute atomic E-state index is 0.343. The lowest BCUT2D eigenvalue weighted by atomic mass is 9.99. The Labute approximate surface area is 96.6 Å². The molecule has 0 radical (unpaired) electrons. The number of aryl methyl sites for hydroxylation is 3. The van der Waals surface area contributed by atoms with Crippen molar-refractivity contribution in [3.05, 3.63) is 34.9 Å². The Morgan fingerprint density at radius 2 is 2.12 bits per heavy atom. The number of rotatable bonds is 4. The van der Waals surface area contributed by atoms with Crippen molar-refractivity contribution in [3.8, 4) is 0 Å². The molecule has 0 bridgehead atoms. The lowest BCUT2D eigenvalue weighted by molar-refractivity contribution is -0.142. The summed E-state index contributed by atoms with van der Waals surface area (Å²) in [4.78, 5) is 11.1. The van der Waals surface area contributed by atoms with Gasteiger partial charge in [-0.3, -0.25) is 4.79 Å². The van der Waals surface area contributed by atoms with Gasteiger partial charge in [0.15, 0.2) is 0 Å². The van der Waals surface area contributed by atoms with Crippen molar-refractivity contribution in [2.45, 2.75) is 32.7 Å². The van der Waals surface area contributed by atoms with Gasteiger partial charge < -0.3 is 10.5 Å². The van der Waals surface area contributed by atoms with Crippen LogP contribution in [-0.2, 0) is 16.0 Å². The van der Waals surface area contributed by atoms with Crippen molar-refractivity contribution in [2.75, 3.05) is 7.11 Å². The zero-order chi connectivity index (χ0) is 12.1. The maximum atomic E-state index is 11.1. The quantitative estimate of drug-likeness (QED) is 0.788. The van der Waals surface area contributed by atoms with Crippen LogP contribution in [0.3, 0.4) is 0 Å². The van der Waals surface area contributed by atoms with Gasteiger partial charge in [0.1, 0.15) is 6.04 Å². The molecule has 0 heterocycles. The third-order valence-corrected chi connectivity index (χ3v) is 2.73. The maximum absolute atomic E-state index is 11.1. The van der Waals surface area contributed by atoms with E-state index in [4.69, 9.17) is 5.73 Å². The Balaban J connectivity index is 2.58. The first-order chi connectivity index (χ1) is 7.54. The summed E-state index contributed by atoms with van der Waals surface area (Å²) in [5.41, 5.74) is 9.42. The van der Waals surface area contributed by atoms with Gasteiger partial charge in [-0.1, -0.05) is 23.8 Å². The molecule has 88 valence electrons. The van der Waals surface area contributed by atoms with Crippen LogP contribution in [0, 0.1) is 13.8 Å². The zero-order valence-electron chi connectivity index (χ0n) is 10.1. The van der Waals surface area contributed by atoms with Crippen LogP contribution in [0.25, 0.3) is 0 Å². The molecule has 1 aromatic rings. The summed E-state index contributed by atoms with van der Waals surface area (Å²) in [6, 6.07) is 5.78. The Hall–Kier alpha value is -1.35. The van der Waals surface area contributed by atoms with Crippen LogP contribution < -0.4 is 5.73 Å². The highest BCUT2D eigenvalue weighted by molar-refractivity contribution is 5.75. The van der Waals surface area contributed by atoms with Crippen LogP contribution in [0.5, 0.6) is 0 Å². The number of carbonyl (C=O) groups excluding carboxylic acids is 1. The lowest BCUT2D eigenvalue weighted by Gasteiger charge is -2.10. The Bertz CT molecular complexity index is 374. The molecular weight excluding hydrogens is 202 g/mol. The van der Waals surface area contributed by atoms with E-state index in [-0.39, 0.29) is 5.97 Å². The van der Waals surface area contributed by atoms with Gasteiger partial charge in [0.25, 0.3) is 0 Å². The summed E-state index contributed by atoms with van der Waals surface area (Å²) < 4.78 is 4.59. The number of hydrogen-bond acceptors (Lipinski definition) is 3. The van der Waals surface area contributed by atoms with Crippen LogP contribution in [0.4, 0.5) is 0 Å². The molecule has 2 N–H and O–H groups in total. The monoisotopic (exact) mass is 221 g/mol. The number of hydrogen-bond donors (Lipinski definition) is 1. The number of nitrogens with two attached hydrogens (primary N) is 1. The van der Waals surface area contributed by atoms with Gasteiger partial charge >= 0.3 is 5.97 Å². The van der Waals surface area contributed by atoms with E-state index in [2.05, 4.69) is 36.8 Å². The normalized spacial score (nSPS) is 12.2. The molecule has 0 aliphatic rings. The number of carbonyl (C=O) groups is 1. The summed E-state index contributed by atoms with van der Waals surface area (Å²) in [6.07, 6.45) is 1.43. The molecule has 3 heteroatoms. The van der Waals surface area contributed by atoms with E-state index in [1.54, 1.807) is 0 Å². The number of ether oxygens (including phenoxy) is 1. The first-order valence-electron chi connectivity index (χ1n) is 5.44. The molecule has 0 amide bonds. The molecule has 0 spiro atoms. The SMILES string of the molecule is COC(=O)C(N)CCc1ccc(C)cc1C. The molecular formula is C13H19NO2. The highest BCUT2D eigenvalue weighted by Crippen LogP contribution is 2.13. The molecule has 3 nitrogen and oxygen atoms in total. The van der Waals surface area contributed by atoms with Crippen molar-refractivity contribution in [3.63, 3.8) is 0 Å². The van der Waals surface area contributed by atoms with Gasteiger partial charge in [0.05, 0.1) is 7.11 Å². The van der Waals surface area contributed by atoms with Crippen molar-refractivity contribution >= 4 is 5.97 Å². The number of esters is 1. The second-order valence-electron chi connectivity index (χ2n) is 4.10. The standard InChI is InChI=1S/C13H19NO2/c1-9-4-5-11(10(2)8-9)6-7-12(14)13(15)16-3/h4-5,8,12H,6-7,14H2,1-3H3. The largest absolute Gasteiger partial charge is 0.468 e. The van der Waals surface area contributed by atoms with Gasteiger partial charge in [0.2, 0.25) is 0 Å². The predicted octanol–water partition coefficient (Wildman–Crippen LogP) is 1.74. The van der Waals surface area contributed by atoms with Crippen LogP contribution in [0.15, 0.2) is 18.2 Å². The van der Waals surface area contributed by atoms with Crippen molar-refractivity contribution in [1.82, 2.24) is 0 Å². The minimum atomic E-state index is -0.522. The van der Waals surface area contributed by atoms with Crippen molar-refractivity contribution in [2.24, 2.45) is 5.73 Å². The highest BCUT2D eigenvalue weighted by atomic mass is 16.5. The Morgan fingerprint density at radius 3 is 2.69 bits per heavy atom. The smallest absolute Gasteiger partial charge is 0.322 e. The van der Waals surface area contributed by atoms with Crippen molar-refractivity contribution in [1.29, 1.82) is 0 Å². The van der Waals surface area contributed by atoms with E-state index >= 15 is 0 Å². The molecule has 0 aliphatic heterocycles. The van der Waals surface area contributed by atoms with Crippen LogP contribution in [-0.4, -0.2) is 19.1 Å². The number of methoxy groups -OCH3 is 1. The molecule has 0 saturated carbocycles. The second-order valence-corrected chi connectivity index (χ2v) is 4.10. The molecule has 0 aliphatic carbocycles. The summed E-state index contributed by atoms with van der Waals surface area (Å²) in [5.74, 6) is -0.343. The first-order valence-corrected chi connectivity index (χ1v) is 5.44. The molecule has 1 unspecified atom stereocenters. The van der Waals surface area contributed by atoms with E-state index in [1.807, 2.05) is 0 Å². The summed E-state index contributed by atoms with van der Waals surface area (Å²) in [6.45, 7) is 4.14. The van der Waals surface area contributed by atoms with E-state index in [9.17, 15) is 4.79 Å². The molecule has 0 saturated heterocycles. The summed E-state index contributed by atoms with van der Waals surface area (Å²) in [5, 5.41) is 0. The minimum Gasteiger partial charge on any atom is -0.468 e. The summed E-state index contributed by atoms with van der Waals surface area (Å²) >= 11 is 0. The van der Waals surface area contributed by atoms with E-state index in [0.717, 1.165) is 6.42 Å². The number of benzene rings is 1. The van der Waals surface area contributed by atoms with Gasteiger partial charge in [-0.25, -0.2) is 0 Å². The van der Waals surface area contributed by atoms with E-state index < -0.39 is 6.04 Å². The van der Waals surface area contributed by atoms with E-state index in [0.29, 0.717) is 6.42 Å². The van der Waals surface area contributed by atoms with Gasteiger partial charge in [-0.2, -0.15) is 0 Å². The highest BCUT2D eigenvalue weighted by Gasteiger charge is 2.13. The lowest BCUT2D eigenvalue weighted by Crippen LogP contribution is -2.31.